The van der Waals surface area contributed by atoms with E-state index in [1.165, 1.54) is 38.4 Å². The van der Waals surface area contributed by atoms with Crippen LogP contribution in [0, 0.1) is 0 Å². The molecule has 9 heteroatoms. The maximum absolute atomic E-state index is 13.5. The van der Waals surface area contributed by atoms with Gasteiger partial charge >= 0.3 is 0 Å². The van der Waals surface area contributed by atoms with Gasteiger partial charge in [-0.1, -0.05) is 30.7 Å². The van der Waals surface area contributed by atoms with Gasteiger partial charge < -0.3 is 24.1 Å². The highest BCUT2D eigenvalue weighted by molar-refractivity contribution is 6.51. The normalized spacial score (nSPS) is 16.4. The van der Waals surface area contributed by atoms with E-state index in [1.54, 1.807) is 48.5 Å². The minimum Gasteiger partial charge on any atom is -0.507 e. The molecule has 1 aliphatic rings. The van der Waals surface area contributed by atoms with Gasteiger partial charge in [-0.3, -0.25) is 14.5 Å². The lowest BCUT2D eigenvalue weighted by Gasteiger charge is -2.26. The summed E-state index contributed by atoms with van der Waals surface area (Å²) in [7, 11) is 4.38. The van der Waals surface area contributed by atoms with Gasteiger partial charge in [-0.2, -0.15) is 0 Å². The lowest BCUT2D eigenvalue weighted by molar-refractivity contribution is -0.132. The maximum Gasteiger partial charge on any atom is 0.300 e. The molecule has 0 bridgehead atoms. The second kappa shape index (κ2) is 11.5. The summed E-state index contributed by atoms with van der Waals surface area (Å²) in [6.45, 7) is 2.50. The molecule has 3 aromatic carbocycles. The minimum absolute atomic E-state index is 0.110. The zero-order valence-electron chi connectivity index (χ0n) is 21.5. The number of methoxy groups -OCH3 is 3. The first kappa shape index (κ1) is 26.9. The molecule has 0 spiro atoms. The van der Waals surface area contributed by atoms with Crippen molar-refractivity contribution in [2.45, 2.75) is 19.4 Å². The van der Waals surface area contributed by atoms with Gasteiger partial charge in [-0.15, -0.1) is 0 Å². The minimum atomic E-state index is -0.958. The third-order valence-electron chi connectivity index (χ3n) is 6.17. The number of anilines is 1. The molecule has 1 heterocycles. The molecule has 3 aromatic rings. The number of carbonyl (C=O) groups is 2. The van der Waals surface area contributed by atoms with Gasteiger partial charge in [0, 0.05) is 11.8 Å². The average molecular weight is 538 g/mol. The van der Waals surface area contributed by atoms with Crippen molar-refractivity contribution in [1.82, 2.24) is 0 Å². The summed E-state index contributed by atoms with van der Waals surface area (Å²) in [6.07, 6.45) is 0.812. The van der Waals surface area contributed by atoms with E-state index >= 15 is 0 Å². The van der Waals surface area contributed by atoms with Gasteiger partial charge in [-0.05, 0) is 54.4 Å². The largest absolute Gasteiger partial charge is 0.507 e. The summed E-state index contributed by atoms with van der Waals surface area (Å²) in [5.41, 5.74) is 1.08. The van der Waals surface area contributed by atoms with E-state index in [-0.39, 0.29) is 27.7 Å². The summed E-state index contributed by atoms with van der Waals surface area (Å²) in [6, 6.07) is 15.8. The number of ketones is 1. The Bertz CT molecular complexity index is 1380. The first-order valence-electron chi connectivity index (χ1n) is 11.9. The van der Waals surface area contributed by atoms with E-state index in [0.717, 1.165) is 6.42 Å². The van der Waals surface area contributed by atoms with Crippen molar-refractivity contribution < 1.29 is 33.6 Å². The van der Waals surface area contributed by atoms with Crippen molar-refractivity contribution in [2.75, 3.05) is 32.8 Å². The molecule has 1 saturated heterocycles. The maximum atomic E-state index is 13.5. The summed E-state index contributed by atoms with van der Waals surface area (Å²) < 4.78 is 21.8. The Morgan fingerprint density at radius 3 is 2.26 bits per heavy atom. The van der Waals surface area contributed by atoms with Crippen molar-refractivity contribution in [2.24, 2.45) is 0 Å². The molecule has 1 unspecified atom stereocenters. The molecule has 0 radical (unpaired) electrons. The highest BCUT2D eigenvalue weighted by Gasteiger charge is 2.47. The molecule has 0 aliphatic carbocycles. The average Bonchev–Trinajstić information content (AvgIpc) is 3.21. The topological polar surface area (TPSA) is 94.5 Å². The molecule has 38 heavy (non-hydrogen) atoms. The zero-order valence-corrected chi connectivity index (χ0v) is 22.2. The van der Waals surface area contributed by atoms with E-state index in [2.05, 4.69) is 0 Å². The van der Waals surface area contributed by atoms with E-state index < -0.39 is 23.5 Å². The highest BCUT2D eigenvalue weighted by atomic mass is 35.5. The number of ether oxygens (including phenoxy) is 4. The molecular formula is C29H28ClNO7. The van der Waals surface area contributed by atoms with Gasteiger partial charge in [0.1, 0.15) is 28.8 Å². The number of aliphatic hydroxyl groups excluding tert-OH is 1. The van der Waals surface area contributed by atoms with Crippen LogP contribution in [0.5, 0.6) is 23.0 Å². The van der Waals surface area contributed by atoms with Crippen molar-refractivity contribution in [3.63, 3.8) is 0 Å². The van der Waals surface area contributed by atoms with Crippen LogP contribution >= 0.6 is 11.6 Å². The second-order valence-corrected chi connectivity index (χ2v) is 8.88. The molecule has 198 valence electrons. The van der Waals surface area contributed by atoms with Crippen LogP contribution in [0.2, 0.25) is 5.02 Å². The van der Waals surface area contributed by atoms with E-state index in [9.17, 15) is 14.7 Å². The molecule has 4 rings (SSSR count). The first-order valence-corrected chi connectivity index (χ1v) is 12.3. The van der Waals surface area contributed by atoms with Crippen LogP contribution in [-0.2, 0) is 9.59 Å². The zero-order chi connectivity index (χ0) is 27.4. The summed E-state index contributed by atoms with van der Waals surface area (Å²) in [4.78, 5) is 28.3. The fraction of sp³-hybridized carbons (Fsp3) is 0.241. The van der Waals surface area contributed by atoms with Crippen molar-refractivity contribution in [3.05, 3.63) is 82.4 Å². The van der Waals surface area contributed by atoms with Crippen LogP contribution in [0.25, 0.3) is 5.76 Å². The monoisotopic (exact) mass is 537 g/mol. The number of hydrogen-bond acceptors (Lipinski definition) is 7. The molecule has 1 N–H and O–H groups in total. The lowest BCUT2D eigenvalue weighted by Crippen LogP contribution is -2.29. The Morgan fingerprint density at radius 1 is 0.921 bits per heavy atom. The fourth-order valence-electron chi connectivity index (χ4n) is 4.34. The SMILES string of the molecule is CCCOc1cccc(C2/C(=C(\O)c3cc(OC)c(Cl)cc3OC)C(=O)C(=O)N2c2ccc(OC)cc2)c1. The highest BCUT2D eigenvalue weighted by Crippen LogP contribution is 2.45. The van der Waals surface area contributed by atoms with Crippen LogP contribution in [-0.4, -0.2) is 44.7 Å². The number of halogens is 1. The molecule has 0 aromatic heterocycles. The van der Waals surface area contributed by atoms with E-state index in [1.807, 2.05) is 6.92 Å². The van der Waals surface area contributed by atoms with Crippen LogP contribution in [0.1, 0.15) is 30.5 Å². The summed E-state index contributed by atoms with van der Waals surface area (Å²) >= 11 is 6.25. The standard InChI is InChI=1S/C29H28ClNO7/c1-5-13-38-20-8-6-7-17(14-20)26-25(27(32)21-15-24(37-4)22(30)16-23(21)36-3)28(33)29(34)31(26)18-9-11-19(35-2)12-10-18/h6-12,14-16,26,32H,5,13H2,1-4H3/b27-25+. The number of carbonyl (C=O) groups excluding carboxylic acids is 2. The Kier molecular flexibility index (Phi) is 8.12. The summed E-state index contributed by atoms with van der Waals surface area (Å²) in [5.74, 6) is -0.408. The second-order valence-electron chi connectivity index (χ2n) is 8.48. The Morgan fingerprint density at radius 2 is 1.63 bits per heavy atom. The molecule has 1 atom stereocenters. The fourth-order valence-corrected chi connectivity index (χ4v) is 4.57. The Balaban J connectivity index is 1.96. The number of hydrogen-bond donors (Lipinski definition) is 1. The Hall–Kier alpha value is -4.17. The lowest BCUT2D eigenvalue weighted by atomic mass is 9.94. The molecule has 1 aliphatic heterocycles. The molecule has 0 saturated carbocycles. The van der Waals surface area contributed by atoms with Crippen molar-refractivity contribution >= 4 is 34.7 Å². The predicted octanol–water partition coefficient (Wildman–Crippen LogP) is 5.78. The number of aliphatic hydroxyl groups is 1. The third kappa shape index (κ3) is 4.99. The number of rotatable bonds is 9. The molecular weight excluding hydrogens is 510 g/mol. The number of benzene rings is 3. The van der Waals surface area contributed by atoms with Crippen LogP contribution in [0.15, 0.2) is 66.2 Å². The van der Waals surface area contributed by atoms with Crippen molar-refractivity contribution in [3.8, 4) is 23.0 Å². The smallest absolute Gasteiger partial charge is 0.300 e. The van der Waals surface area contributed by atoms with Gasteiger partial charge in [0.05, 0.1) is 50.1 Å². The van der Waals surface area contributed by atoms with Gasteiger partial charge in [0.15, 0.2) is 0 Å². The number of amides is 1. The third-order valence-corrected chi connectivity index (χ3v) is 6.47. The quantitative estimate of drug-likeness (QED) is 0.210. The predicted molar refractivity (Wildman–Crippen MR) is 145 cm³/mol. The van der Waals surface area contributed by atoms with Crippen molar-refractivity contribution in [1.29, 1.82) is 0 Å². The first-order chi connectivity index (χ1) is 18.3. The molecule has 8 nitrogen and oxygen atoms in total. The molecule has 1 fully saturated rings. The van der Waals surface area contributed by atoms with Crippen LogP contribution in [0.3, 0.4) is 0 Å². The van der Waals surface area contributed by atoms with Gasteiger partial charge in [0.25, 0.3) is 11.7 Å². The molecule has 1 amide bonds. The Labute approximate surface area is 225 Å². The number of nitrogens with zero attached hydrogens (tertiary/aromatic N) is 1. The number of Topliss-reactive ketones (excluding diaryl/α,β-unsaturated/α-hetero) is 1. The van der Waals surface area contributed by atoms with Crippen LogP contribution < -0.4 is 23.8 Å². The van der Waals surface area contributed by atoms with Gasteiger partial charge in [-0.25, -0.2) is 0 Å². The van der Waals surface area contributed by atoms with Gasteiger partial charge in [0.2, 0.25) is 0 Å². The van der Waals surface area contributed by atoms with E-state index in [0.29, 0.717) is 29.4 Å². The summed E-state index contributed by atoms with van der Waals surface area (Å²) in [5, 5.41) is 11.8. The van der Waals surface area contributed by atoms with Crippen LogP contribution in [0.4, 0.5) is 5.69 Å². The van der Waals surface area contributed by atoms with E-state index in [4.69, 9.17) is 30.5 Å².